The first-order chi connectivity index (χ1) is 10.6. The van der Waals surface area contributed by atoms with E-state index in [1.54, 1.807) is 0 Å². The molecule has 2 aliphatic rings. The van der Waals surface area contributed by atoms with Crippen LogP contribution in [0, 0.1) is 5.92 Å². The Hall–Kier alpha value is -1.19. The smallest absolute Gasteiger partial charge is 0.309 e. The SMILES string of the molecule is CS(=O)(=O)N1CCN(C(=O)C2(O)CCCCC2)C[C@@H](C(=O)O)C1. The molecule has 0 aromatic heterocycles. The maximum absolute atomic E-state index is 12.7. The number of aliphatic hydroxyl groups is 1. The summed E-state index contributed by atoms with van der Waals surface area (Å²) in [5.41, 5.74) is -1.44. The fourth-order valence-electron chi connectivity index (χ4n) is 3.27. The summed E-state index contributed by atoms with van der Waals surface area (Å²) >= 11 is 0. The predicted octanol–water partition coefficient (Wildman–Crippen LogP) is -0.514. The Morgan fingerprint density at radius 3 is 2.22 bits per heavy atom. The number of carboxylic acid groups (broad SMARTS) is 1. The molecule has 0 bridgehead atoms. The van der Waals surface area contributed by atoms with Gasteiger partial charge in [-0.15, -0.1) is 0 Å². The number of amides is 1. The molecule has 1 saturated heterocycles. The molecule has 1 heterocycles. The Bertz CT molecular complexity index is 570. The Labute approximate surface area is 136 Å². The average molecular weight is 348 g/mol. The first-order valence-corrected chi connectivity index (χ1v) is 9.68. The number of hydrogen-bond acceptors (Lipinski definition) is 5. The number of carbonyl (C=O) groups excluding carboxylic acids is 1. The van der Waals surface area contributed by atoms with Crippen molar-refractivity contribution in [3.8, 4) is 0 Å². The molecule has 2 N–H and O–H groups in total. The van der Waals surface area contributed by atoms with Gasteiger partial charge in [-0.2, -0.15) is 4.31 Å². The molecule has 9 heteroatoms. The average Bonchev–Trinajstić information content (AvgIpc) is 2.70. The van der Waals surface area contributed by atoms with E-state index in [2.05, 4.69) is 0 Å². The predicted molar refractivity (Wildman–Crippen MR) is 82.2 cm³/mol. The quantitative estimate of drug-likeness (QED) is 0.709. The molecule has 0 aromatic rings. The monoisotopic (exact) mass is 348 g/mol. The van der Waals surface area contributed by atoms with Gasteiger partial charge in [0.1, 0.15) is 5.60 Å². The van der Waals surface area contributed by atoms with E-state index in [-0.39, 0.29) is 26.2 Å². The van der Waals surface area contributed by atoms with Crippen molar-refractivity contribution in [2.75, 3.05) is 32.4 Å². The molecule has 8 nitrogen and oxygen atoms in total. The van der Waals surface area contributed by atoms with Crippen LogP contribution < -0.4 is 0 Å². The standard InChI is InChI=1S/C14H24N2O6S/c1-23(21,22)16-8-7-15(9-11(10-16)12(17)18)13(19)14(20)5-3-2-4-6-14/h11,20H,2-10H2,1H3,(H,17,18)/t11-/m1/s1. The number of rotatable bonds is 3. The molecular formula is C14H24N2O6S. The topological polar surface area (TPSA) is 115 Å². The zero-order valence-electron chi connectivity index (χ0n) is 13.3. The molecule has 0 unspecified atom stereocenters. The normalized spacial score (nSPS) is 26.5. The maximum atomic E-state index is 12.7. The van der Waals surface area contributed by atoms with E-state index in [0.29, 0.717) is 12.8 Å². The molecule has 1 saturated carbocycles. The van der Waals surface area contributed by atoms with Crippen LogP contribution in [-0.4, -0.2) is 77.7 Å². The van der Waals surface area contributed by atoms with Gasteiger partial charge >= 0.3 is 5.97 Å². The second kappa shape index (κ2) is 6.74. The summed E-state index contributed by atoms with van der Waals surface area (Å²) in [4.78, 5) is 25.4. The van der Waals surface area contributed by atoms with Crippen LogP contribution in [0.15, 0.2) is 0 Å². The Balaban J connectivity index is 2.19. The number of carbonyl (C=O) groups is 2. The van der Waals surface area contributed by atoms with Crippen LogP contribution >= 0.6 is 0 Å². The van der Waals surface area contributed by atoms with Crippen molar-refractivity contribution in [2.45, 2.75) is 37.7 Å². The first-order valence-electron chi connectivity index (χ1n) is 7.83. The Kier molecular flexibility index (Phi) is 5.32. The van der Waals surface area contributed by atoms with Crippen molar-refractivity contribution in [2.24, 2.45) is 5.92 Å². The lowest BCUT2D eigenvalue weighted by molar-refractivity contribution is -0.156. The van der Waals surface area contributed by atoms with E-state index in [9.17, 15) is 28.2 Å². The summed E-state index contributed by atoms with van der Waals surface area (Å²) in [7, 11) is -3.54. The van der Waals surface area contributed by atoms with E-state index in [1.165, 1.54) is 4.90 Å². The van der Waals surface area contributed by atoms with Gasteiger partial charge in [-0.1, -0.05) is 19.3 Å². The van der Waals surface area contributed by atoms with Crippen molar-refractivity contribution < 1.29 is 28.2 Å². The molecule has 0 spiro atoms. The van der Waals surface area contributed by atoms with Crippen molar-refractivity contribution in [3.05, 3.63) is 0 Å². The first kappa shape index (κ1) is 18.2. The van der Waals surface area contributed by atoms with Gasteiger partial charge < -0.3 is 15.1 Å². The van der Waals surface area contributed by atoms with E-state index < -0.39 is 33.4 Å². The van der Waals surface area contributed by atoms with E-state index in [0.717, 1.165) is 29.8 Å². The minimum Gasteiger partial charge on any atom is -0.481 e. The molecule has 2 rings (SSSR count). The van der Waals surface area contributed by atoms with Crippen LogP contribution in [0.25, 0.3) is 0 Å². The summed E-state index contributed by atoms with van der Waals surface area (Å²) in [6.07, 6.45) is 4.25. The van der Waals surface area contributed by atoms with Gasteiger partial charge in [0.15, 0.2) is 0 Å². The molecular weight excluding hydrogens is 324 g/mol. The molecule has 2 fully saturated rings. The fourth-order valence-corrected chi connectivity index (χ4v) is 4.14. The lowest BCUT2D eigenvalue weighted by Crippen LogP contribution is -2.52. The third kappa shape index (κ3) is 4.21. The molecule has 1 aliphatic heterocycles. The summed E-state index contributed by atoms with van der Waals surface area (Å²) in [6.45, 7) is -0.0959. The lowest BCUT2D eigenvalue weighted by Gasteiger charge is -2.35. The van der Waals surface area contributed by atoms with E-state index in [4.69, 9.17) is 0 Å². The highest BCUT2D eigenvalue weighted by molar-refractivity contribution is 7.88. The highest BCUT2D eigenvalue weighted by Crippen LogP contribution is 2.30. The summed E-state index contributed by atoms with van der Waals surface area (Å²) < 4.78 is 24.5. The van der Waals surface area contributed by atoms with Crippen molar-refractivity contribution >= 4 is 21.9 Å². The number of nitrogens with zero attached hydrogens (tertiary/aromatic N) is 2. The van der Waals surface area contributed by atoms with Crippen LogP contribution in [0.3, 0.4) is 0 Å². The maximum Gasteiger partial charge on any atom is 0.309 e. The van der Waals surface area contributed by atoms with Crippen LogP contribution in [0.5, 0.6) is 0 Å². The lowest BCUT2D eigenvalue weighted by atomic mass is 9.83. The van der Waals surface area contributed by atoms with E-state index >= 15 is 0 Å². The zero-order chi connectivity index (χ0) is 17.3. The van der Waals surface area contributed by atoms with Gasteiger partial charge in [-0.3, -0.25) is 9.59 Å². The Morgan fingerprint density at radius 1 is 1.09 bits per heavy atom. The van der Waals surface area contributed by atoms with E-state index in [1.807, 2.05) is 0 Å². The van der Waals surface area contributed by atoms with Gasteiger partial charge in [-0.25, -0.2) is 8.42 Å². The highest BCUT2D eigenvalue weighted by Gasteiger charge is 2.42. The molecule has 132 valence electrons. The van der Waals surface area contributed by atoms with Gasteiger partial charge in [0.2, 0.25) is 10.0 Å². The molecule has 0 aromatic carbocycles. The molecule has 1 amide bonds. The number of carboxylic acids is 1. The van der Waals surface area contributed by atoms with Crippen LogP contribution in [0.2, 0.25) is 0 Å². The van der Waals surface area contributed by atoms with Gasteiger partial charge in [0.05, 0.1) is 12.2 Å². The Morgan fingerprint density at radius 2 is 1.70 bits per heavy atom. The van der Waals surface area contributed by atoms with Gasteiger partial charge in [0, 0.05) is 26.2 Å². The van der Waals surface area contributed by atoms with Crippen LogP contribution in [0.4, 0.5) is 0 Å². The summed E-state index contributed by atoms with van der Waals surface area (Å²) in [6, 6.07) is 0. The van der Waals surface area contributed by atoms with Gasteiger partial charge in [0.25, 0.3) is 5.91 Å². The van der Waals surface area contributed by atoms with Crippen molar-refractivity contribution in [1.82, 2.24) is 9.21 Å². The molecule has 1 aliphatic carbocycles. The fraction of sp³-hybridized carbons (Fsp3) is 0.857. The summed E-state index contributed by atoms with van der Waals surface area (Å²) in [5.74, 6) is -2.61. The number of aliphatic carboxylic acids is 1. The third-order valence-electron chi connectivity index (χ3n) is 4.67. The molecule has 0 radical (unpaired) electrons. The zero-order valence-corrected chi connectivity index (χ0v) is 14.1. The second-order valence-electron chi connectivity index (χ2n) is 6.50. The van der Waals surface area contributed by atoms with Crippen LogP contribution in [-0.2, 0) is 19.6 Å². The third-order valence-corrected chi connectivity index (χ3v) is 5.94. The van der Waals surface area contributed by atoms with Crippen LogP contribution in [0.1, 0.15) is 32.1 Å². The van der Waals surface area contributed by atoms with Gasteiger partial charge in [-0.05, 0) is 12.8 Å². The molecule has 23 heavy (non-hydrogen) atoms. The van der Waals surface area contributed by atoms with Crippen molar-refractivity contribution in [3.63, 3.8) is 0 Å². The second-order valence-corrected chi connectivity index (χ2v) is 8.48. The largest absolute Gasteiger partial charge is 0.481 e. The van der Waals surface area contributed by atoms with Crippen molar-refractivity contribution in [1.29, 1.82) is 0 Å². The number of sulfonamides is 1. The minimum absolute atomic E-state index is 0.0461. The minimum atomic E-state index is -3.54. The molecule has 1 atom stereocenters. The summed E-state index contributed by atoms with van der Waals surface area (Å²) in [5, 5.41) is 19.9. The highest BCUT2D eigenvalue weighted by atomic mass is 32.2. The number of hydrogen-bond donors (Lipinski definition) is 2.